The largest absolute Gasteiger partial charge is 0.497 e. The number of rotatable bonds is 15. The zero-order chi connectivity index (χ0) is 33.3. The molecule has 0 bridgehead atoms. The molecule has 0 spiro atoms. The van der Waals surface area contributed by atoms with Crippen molar-refractivity contribution in [2.75, 3.05) is 45.8 Å². The van der Waals surface area contributed by atoms with Crippen molar-refractivity contribution in [2.45, 2.75) is 38.3 Å². The molecule has 11 nitrogen and oxygen atoms in total. The number of halogens is 1. The number of carbonyl (C=O) groups is 2. The van der Waals surface area contributed by atoms with E-state index in [0.717, 1.165) is 4.31 Å². The molecule has 0 aliphatic heterocycles. The summed E-state index contributed by atoms with van der Waals surface area (Å²) in [4.78, 5) is 28.6. The average molecular weight is 662 g/mol. The number of carbonyl (C=O) groups excluding carboxylic acids is 2. The van der Waals surface area contributed by atoms with E-state index in [1.54, 1.807) is 44.4 Å². The van der Waals surface area contributed by atoms with Crippen molar-refractivity contribution in [2.24, 2.45) is 5.92 Å². The van der Waals surface area contributed by atoms with Crippen molar-refractivity contribution >= 4 is 39.1 Å². The minimum absolute atomic E-state index is 0.0238. The quantitative estimate of drug-likeness (QED) is 0.247. The van der Waals surface area contributed by atoms with Gasteiger partial charge in [0.2, 0.25) is 11.8 Å². The molecule has 3 rings (SSSR count). The van der Waals surface area contributed by atoms with Gasteiger partial charge in [-0.3, -0.25) is 13.9 Å². The molecule has 1 unspecified atom stereocenters. The third-order valence-corrected chi connectivity index (χ3v) is 8.99. The third-order valence-electron chi connectivity index (χ3n) is 7.00. The SMILES string of the molecule is COc1ccc(CN(C(=O)CN(c2cc(Cl)ccc2OC)S(=O)(=O)c2ccc(OC)c(OC)c2)C(C)C(=O)NCC(C)C)cc1. The highest BCUT2D eigenvalue weighted by Crippen LogP contribution is 2.37. The number of hydrogen-bond donors (Lipinski definition) is 1. The standard InChI is InChI=1S/C32H40ClN3O8S/c1-21(2)18-34-32(38)22(3)35(19-23-8-11-25(41-4)12-9-23)31(37)20-36(27-16-24(33)10-14-28(27)42-5)45(39,40)26-13-15-29(43-6)30(17-26)44-7/h8-17,21-22H,18-20H2,1-7H3,(H,34,38). The van der Waals surface area contributed by atoms with Gasteiger partial charge in [0.05, 0.1) is 39.0 Å². The van der Waals surface area contributed by atoms with Crippen LogP contribution >= 0.6 is 11.6 Å². The van der Waals surface area contributed by atoms with Crippen LogP contribution in [0.2, 0.25) is 5.02 Å². The molecule has 0 aromatic heterocycles. The van der Waals surface area contributed by atoms with Gasteiger partial charge in [0, 0.05) is 24.2 Å². The second-order valence-electron chi connectivity index (χ2n) is 10.5. The Morgan fingerprint density at radius 3 is 2.02 bits per heavy atom. The van der Waals surface area contributed by atoms with Crippen LogP contribution in [0.1, 0.15) is 26.3 Å². The molecule has 3 aromatic carbocycles. The molecule has 3 aromatic rings. The molecule has 0 fully saturated rings. The number of nitrogens with zero attached hydrogens (tertiary/aromatic N) is 2. The average Bonchev–Trinajstić information content (AvgIpc) is 3.04. The molecule has 0 saturated heterocycles. The van der Waals surface area contributed by atoms with E-state index in [4.69, 9.17) is 30.5 Å². The molecule has 1 atom stereocenters. The Balaban J connectivity index is 2.12. The first kappa shape index (κ1) is 35.3. The topological polar surface area (TPSA) is 124 Å². The van der Waals surface area contributed by atoms with Crippen molar-refractivity contribution < 1.29 is 37.0 Å². The summed E-state index contributed by atoms with van der Waals surface area (Å²) >= 11 is 6.31. The Kier molecular flexibility index (Phi) is 12.3. The number of amides is 2. The monoisotopic (exact) mass is 661 g/mol. The van der Waals surface area contributed by atoms with Crippen LogP contribution in [-0.4, -0.2) is 72.7 Å². The molecule has 244 valence electrons. The summed E-state index contributed by atoms with van der Waals surface area (Å²) in [5.74, 6) is 0.472. The first-order chi connectivity index (χ1) is 21.4. The molecule has 0 radical (unpaired) electrons. The summed E-state index contributed by atoms with van der Waals surface area (Å²) in [5.41, 5.74) is 0.747. The predicted molar refractivity (Wildman–Crippen MR) is 173 cm³/mol. The maximum Gasteiger partial charge on any atom is 0.265 e. The Hall–Kier alpha value is -4.16. The van der Waals surface area contributed by atoms with E-state index < -0.39 is 28.5 Å². The highest BCUT2D eigenvalue weighted by Gasteiger charge is 2.34. The molecule has 0 heterocycles. The van der Waals surface area contributed by atoms with Gasteiger partial charge >= 0.3 is 0 Å². The predicted octanol–water partition coefficient (Wildman–Crippen LogP) is 4.76. The fourth-order valence-corrected chi connectivity index (χ4v) is 6.04. The Morgan fingerprint density at radius 1 is 0.822 bits per heavy atom. The van der Waals surface area contributed by atoms with Crippen LogP contribution in [0.5, 0.6) is 23.0 Å². The van der Waals surface area contributed by atoms with Gasteiger partial charge in [-0.05, 0) is 60.9 Å². The number of ether oxygens (including phenoxy) is 4. The fraction of sp³-hybridized carbons (Fsp3) is 0.375. The highest BCUT2D eigenvalue weighted by molar-refractivity contribution is 7.92. The molecule has 13 heteroatoms. The molecule has 45 heavy (non-hydrogen) atoms. The summed E-state index contributed by atoms with van der Waals surface area (Å²) in [7, 11) is 1.30. The van der Waals surface area contributed by atoms with Crippen molar-refractivity contribution in [1.29, 1.82) is 0 Å². The Morgan fingerprint density at radius 2 is 1.44 bits per heavy atom. The molecule has 0 aliphatic rings. The maximum absolute atomic E-state index is 14.3. The molecular formula is C32H40ClN3O8S. The number of benzene rings is 3. The van der Waals surface area contributed by atoms with Gasteiger partial charge in [0.1, 0.15) is 24.1 Å². The van der Waals surface area contributed by atoms with E-state index in [9.17, 15) is 18.0 Å². The van der Waals surface area contributed by atoms with Crippen molar-refractivity contribution in [1.82, 2.24) is 10.2 Å². The lowest BCUT2D eigenvalue weighted by Gasteiger charge is -2.32. The molecule has 0 aliphatic carbocycles. The third kappa shape index (κ3) is 8.73. The lowest BCUT2D eigenvalue weighted by atomic mass is 10.1. The molecule has 1 N–H and O–H groups in total. The second-order valence-corrected chi connectivity index (χ2v) is 12.8. The number of hydrogen-bond acceptors (Lipinski definition) is 8. The number of methoxy groups -OCH3 is 4. The van der Waals surface area contributed by atoms with Gasteiger partial charge < -0.3 is 29.2 Å². The normalized spacial score (nSPS) is 11.8. The van der Waals surface area contributed by atoms with Crippen LogP contribution in [0.15, 0.2) is 65.6 Å². The zero-order valence-corrected chi connectivity index (χ0v) is 28.1. The van der Waals surface area contributed by atoms with E-state index in [0.29, 0.717) is 23.6 Å². The van der Waals surface area contributed by atoms with Gasteiger partial charge in [-0.15, -0.1) is 0 Å². The number of nitrogens with one attached hydrogen (secondary N) is 1. The molecule has 0 saturated carbocycles. The number of anilines is 1. The van der Waals surface area contributed by atoms with Gasteiger partial charge in [-0.1, -0.05) is 37.6 Å². The van der Waals surface area contributed by atoms with Crippen LogP contribution in [0, 0.1) is 5.92 Å². The summed E-state index contributed by atoms with van der Waals surface area (Å²) < 4.78 is 50.9. The molecular weight excluding hydrogens is 622 g/mol. The fourth-order valence-electron chi connectivity index (χ4n) is 4.44. The Bertz CT molecular complexity index is 1580. The van der Waals surface area contributed by atoms with Crippen LogP contribution in [0.25, 0.3) is 0 Å². The van der Waals surface area contributed by atoms with Gasteiger partial charge in [-0.2, -0.15) is 0 Å². The minimum Gasteiger partial charge on any atom is -0.497 e. The second kappa shape index (κ2) is 15.7. The van der Waals surface area contributed by atoms with Crippen LogP contribution in [0.3, 0.4) is 0 Å². The smallest absolute Gasteiger partial charge is 0.265 e. The van der Waals surface area contributed by atoms with E-state index in [1.807, 2.05) is 13.8 Å². The highest BCUT2D eigenvalue weighted by atomic mass is 35.5. The van der Waals surface area contributed by atoms with Gasteiger partial charge in [0.25, 0.3) is 10.0 Å². The van der Waals surface area contributed by atoms with Gasteiger partial charge in [-0.25, -0.2) is 8.42 Å². The lowest BCUT2D eigenvalue weighted by molar-refractivity contribution is -0.139. The first-order valence-electron chi connectivity index (χ1n) is 14.1. The van der Waals surface area contributed by atoms with Crippen molar-refractivity contribution in [3.8, 4) is 23.0 Å². The summed E-state index contributed by atoms with van der Waals surface area (Å²) in [6.07, 6.45) is 0. The van der Waals surface area contributed by atoms with Crippen molar-refractivity contribution in [3.05, 3.63) is 71.2 Å². The first-order valence-corrected chi connectivity index (χ1v) is 16.0. The van der Waals surface area contributed by atoms with Crippen LogP contribution in [-0.2, 0) is 26.2 Å². The summed E-state index contributed by atoms with van der Waals surface area (Å²) in [5, 5.41) is 3.09. The van der Waals surface area contributed by atoms with E-state index in [2.05, 4.69) is 5.32 Å². The van der Waals surface area contributed by atoms with Crippen LogP contribution in [0.4, 0.5) is 5.69 Å². The number of sulfonamides is 1. The summed E-state index contributed by atoms with van der Waals surface area (Å²) in [6, 6.07) is 14.7. The maximum atomic E-state index is 14.3. The molecule has 2 amide bonds. The van der Waals surface area contributed by atoms with Crippen molar-refractivity contribution in [3.63, 3.8) is 0 Å². The van der Waals surface area contributed by atoms with E-state index >= 15 is 0 Å². The minimum atomic E-state index is -4.44. The van der Waals surface area contributed by atoms with Gasteiger partial charge in [0.15, 0.2) is 11.5 Å². The zero-order valence-electron chi connectivity index (χ0n) is 26.5. The summed E-state index contributed by atoms with van der Waals surface area (Å²) in [6.45, 7) is 5.28. The Labute approximate surface area is 270 Å². The van der Waals surface area contributed by atoms with Crippen LogP contribution < -0.4 is 28.6 Å². The van der Waals surface area contributed by atoms with E-state index in [1.165, 1.54) is 56.6 Å². The van der Waals surface area contributed by atoms with E-state index in [-0.39, 0.29) is 45.5 Å². The lowest BCUT2D eigenvalue weighted by Crippen LogP contribution is -2.51.